The van der Waals surface area contributed by atoms with Crippen molar-refractivity contribution in [2.75, 3.05) is 18.5 Å². The van der Waals surface area contributed by atoms with E-state index in [0.717, 1.165) is 24.2 Å². The van der Waals surface area contributed by atoms with Gasteiger partial charge >= 0.3 is 0 Å². The molecule has 1 saturated heterocycles. The van der Waals surface area contributed by atoms with Crippen LogP contribution >= 0.6 is 36.7 Å². The molecule has 2 N–H and O–H groups in total. The maximum Gasteiger partial charge on any atom is 0.271 e. The van der Waals surface area contributed by atoms with Gasteiger partial charge in [0.25, 0.3) is 5.91 Å². The normalized spacial score (nSPS) is 15.4. The number of anilines is 1. The number of hydrogen-bond acceptors (Lipinski definition) is 6. The highest BCUT2D eigenvalue weighted by molar-refractivity contribution is 7.59. The van der Waals surface area contributed by atoms with Crippen LogP contribution in [0.2, 0.25) is 10.0 Å². The zero-order valence-corrected chi connectivity index (χ0v) is 19.2. The first-order chi connectivity index (χ1) is 14.5. The molecule has 0 radical (unpaired) electrons. The summed E-state index contributed by atoms with van der Waals surface area (Å²) in [4.78, 5) is 25.6. The van der Waals surface area contributed by atoms with Crippen molar-refractivity contribution in [1.29, 1.82) is 0 Å². The lowest BCUT2D eigenvalue weighted by Gasteiger charge is -2.12. The van der Waals surface area contributed by atoms with Crippen LogP contribution in [0.4, 0.5) is 5.95 Å². The molecule has 1 amide bonds. The largest absolute Gasteiger partial charge is 0.379 e. The van der Waals surface area contributed by atoms with Crippen molar-refractivity contribution in [1.82, 2.24) is 24.8 Å². The van der Waals surface area contributed by atoms with Crippen LogP contribution in [0.25, 0.3) is 5.82 Å². The van der Waals surface area contributed by atoms with Gasteiger partial charge in [-0.2, -0.15) is 18.5 Å². The molecule has 164 valence electrons. The Bertz CT molecular complexity index is 1070. The first kappa shape index (κ1) is 23.3. The molecule has 0 bridgehead atoms. The van der Waals surface area contributed by atoms with Crippen molar-refractivity contribution in [3.05, 3.63) is 63.8 Å². The predicted molar refractivity (Wildman–Crippen MR) is 125 cm³/mol. The zero-order valence-electron chi connectivity index (χ0n) is 16.7. The Balaban J connectivity index is 0.00000272. The quantitative estimate of drug-likeness (QED) is 0.560. The molecule has 0 saturated carbocycles. The van der Waals surface area contributed by atoms with Crippen LogP contribution in [0.15, 0.2) is 36.9 Å². The molecule has 1 aromatic carbocycles. The maximum absolute atomic E-state index is 12.5. The Morgan fingerprint density at radius 2 is 2.16 bits per heavy atom. The number of aryl methyl sites for hydroxylation is 1. The number of halogens is 2. The number of imidazole rings is 1. The van der Waals surface area contributed by atoms with Gasteiger partial charge in [0.2, 0.25) is 5.95 Å². The van der Waals surface area contributed by atoms with Gasteiger partial charge in [0.1, 0.15) is 17.8 Å². The molecule has 31 heavy (non-hydrogen) atoms. The Labute approximate surface area is 196 Å². The predicted octanol–water partition coefficient (Wildman–Crippen LogP) is 3.52. The molecule has 2 aromatic heterocycles. The van der Waals surface area contributed by atoms with Crippen LogP contribution in [0.1, 0.15) is 28.0 Å². The highest BCUT2D eigenvalue weighted by Gasteiger charge is 2.18. The summed E-state index contributed by atoms with van der Waals surface area (Å²) in [6.45, 7) is 3.52. The third-order valence-corrected chi connectivity index (χ3v) is 5.60. The molecule has 1 aliphatic rings. The molecule has 1 aliphatic heterocycles. The summed E-state index contributed by atoms with van der Waals surface area (Å²) in [5, 5.41) is 6.95. The standard InChI is InChI=1S/C20H20Cl2N6O2.H2S/c1-12-7-24-20(26-14-5-6-30-10-14)27-18(12)28-9-16(25-11-28)19(29)23-8-13-3-2-4-15(21)17(13)22;/h2-4,7,9,11,14H,5-6,8,10H2,1H3,(H,23,29)(H,24,26,27);1H2/t14-;/m0./s1. The van der Waals surface area contributed by atoms with Gasteiger partial charge in [-0.1, -0.05) is 35.3 Å². The summed E-state index contributed by atoms with van der Waals surface area (Å²) in [5.41, 5.74) is 1.86. The van der Waals surface area contributed by atoms with Crippen molar-refractivity contribution in [2.45, 2.75) is 25.9 Å². The summed E-state index contributed by atoms with van der Waals surface area (Å²) < 4.78 is 7.08. The number of carbonyl (C=O) groups is 1. The molecule has 11 heteroatoms. The van der Waals surface area contributed by atoms with Crippen molar-refractivity contribution >= 4 is 48.6 Å². The monoisotopic (exact) mass is 480 g/mol. The van der Waals surface area contributed by atoms with E-state index in [2.05, 4.69) is 25.6 Å². The Kier molecular flexibility index (Phi) is 7.77. The maximum atomic E-state index is 12.5. The van der Waals surface area contributed by atoms with E-state index in [-0.39, 0.29) is 37.7 Å². The highest BCUT2D eigenvalue weighted by Crippen LogP contribution is 2.25. The Morgan fingerprint density at radius 1 is 1.32 bits per heavy atom. The van der Waals surface area contributed by atoms with Gasteiger partial charge in [0, 0.05) is 31.1 Å². The highest BCUT2D eigenvalue weighted by atomic mass is 35.5. The third-order valence-electron chi connectivity index (χ3n) is 4.74. The van der Waals surface area contributed by atoms with Crippen LogP contribution in [-0.2, 0) is 11.3 Å². The number of rotatable bonds is 6. The number of nitrogens with zero attached hydrogens (tertiary/aromatic N) is 4. The van der Waals surface area contributed by atoms with Crippen LogP contribution in [0.3, 0.4) is 0 Å². The fourth-order valence-electron chi connectivity index (χ4n) is 3.10. The number of nitrogens with one attached hydrogen (secondary N) is 2. The first-order valence-corrected chi connectivity index (χ1v) is 10.2. The van der Waals surface area contributed by atoms with E-state index >= 15 is 0 Å². The van der Waals surface area contributed by atoms with Gasteiger partial charge in [-0.05, 0) is 25.0 Å². The average Bonchev–Trinajstić information content (AvgIpc) is 3.42. The van der Waals surface area contributed by atoms with Gasteiger partial charge in [-0.15, -0.1) is 0 Å². The van der Waals surface area contributed by atoms with Gasteiger partial charge in [-0.3, -0.25) is 9.36 Å². The average molecular weight is 481 g/mol. The number of carbonyl (C=O) groups excluding carboxylic acids is 1. The van der Waals surface area contributed by atoms with Gasteiger partial charge in [-0.25, -0.2) is 9.97 Å². The Hall–Kier alpha value is -2.33. The van der Waals surface area contributed by atoms with Crippen LogP contribution in [-0.4, -0.2) is 44.7 Å². The van der Waals surface area contributed by atoms with Gasteiger partial charge < -0.3 is 15.4 Å². The number of amides is 1. The zero-order chi connectivity index (χ0) is 21.1. The number of ether oxygens (including phenoxy) is 1. The number of hydrogen-bond donors (Lipinski definition) is 2. The second-order valence-corrected chi connectivity index (χ2v) is 7.75. The van der Waals surface area contributed by atoms with Crippen LogP contribution < -0.4 is 10.6 Å². The second-order valence-electron chi connectivity index (χ2n) is 6.97. The minimum absolute atomic E-state index is 0. The van der Waals surface area contributed by atoms with Crippen molar-refractivity contribution in [3.63, 3.8) is 0 Å². The topological polar surface area (TPSA) is 94.0 Å². The fourth-order valence-corrected chi connectivity index (χ4v) is 3.49. The first-order valence-electron chi connectivity index (χ1n) is 9.44. The SMILES string of the molecule is Cc1cnc(N[C@H]2CCOC2)nc1-n1cnc(C(=O)NCc2cccc(Cl)c2Cl)c1.S. The van der Waals surface area contributed by atoms with E-state index in [9.17, 15) is 4.79 Å². The van der Waals surface area contributed by atoms with E-state index in [1.165, 1.54) is 0 Å². The van der Waals surface area contributed by atoms with Gasteiger partial charge in [0.05, 0.1) is 22.7 Å². The summed E-state index contributed by atoms with van der Waals surface area (Å²) in [7, 11) is 0. The smallest absolute Gasteiger partial charge is 0.271 e. The van der Waals surface area contributed by atoms with E-state index in [1.807, 2.05) is 6.92 Å². The molecule has 3 heterocycles. The number of benzene rings is 1. The summed E-state index contributed by atoms with van der Waals surface area (Å²) in [6.07, 6.45) is 5.84. The molecule has 4 rings (SSSR count). The molecule has 1 atom stereocenters. The molecular weight excluding hydrogens is 459 g/mol. The summed E-state index contributed by atoms with van der Waals surface area (Å²) >= 11 is 12.2. The van der Waals surface area contributed by atoms with E-state index in [0.29, 0.717) is 28.4 Å². The van der Waals surface area contributed by atoms with Crippen molar-refractivity contribution in [3.8, 4) is 5.82 Å². The Morgan fingerprint density at radius 3 is 2.94 bits per heavy atom. The minimum Gasteiger partial charge on any atom is -0.379 e. The molecule has 8 nitrogen and oxygen atoms in total. The lowest BCUT2D eigenvalue weighted by molar-refractivity contribution is 0.0946. The van der Waals surface area contributed by atoms with Crippen LogP contribution in [0, 0.1) is 6.92 Å². The van der Waals surface area contributed by atoms with Crippen LogP contribution in [0.5, 0.6) is 0 Å². The second kappa shape index (κ2) is 10.3. The molecule has 0 spiro atoms. The molecule has 0 aliphatic carbocycles. The lowest BCUT2D eigenvalue weighted by Crippen LogP contribution is -2.23. The summed E-state index contributed by atoms with van der Waals surface area (Å²) in [6, 6.07) is 5.49. The third kappa shape index (κ3) is 5.48. The number of aromatic nitrogens is 4. The van der Waals surface area contributed by atoms with E-state index in [4.69, 9.17) is 27.9 Å². The van der Waals surface area contributed by atoms with Gasteiger partial charge in [0.15, 0.2) is 0 Å². The molecule has 0 unspecified atom stereocenters. The van der Waals surface area contributed by atoms with E-state index < -0.39 is 0 Å². The summed E-state index contributed by atoms with van der Waals surface area (Å²) in [5.74, 6) is 0.843. The minimum atomic E-state index is -0.321. The van der Waals surface area contributed by atoms with Crippen molar-refractivity contribution in [2.24, 2.45) is 0 Å². The lowest BCUT2D eigenvalue weighted by atomic mass is 10.2. The molecule has 3 aromatic rings. The van der Waals surface area contributed by atoms with Crippen molar-refractivity contribution < 1.29 is 9.53 Å². The fraction of sp³-hybridized carbons (Fsp3) is 0.300. The molecule has 1 fully saturated rings. The van der Waals surface area contributed by atoms with E-state index in [1.54, 1.807) is 41.5 Å². The molecular formula is C20H22Cl2N6O2S.